The van der Waals surface area contributed by atoms with Gasteiger partial charge in [0.25, 0.3) is 5.60 Å². The van der Waals surface area contributed by atoms with Gasteiger partial charge >= 0.3 is 12.1 Å². The minimum atomic E-state index is -4.86. The Bertz CT molecular complexity index is 988. The molecule has 1 aliphatic heterocycles. The third-order valence-electron chi connectivity index (χ3n) is 4.25. The van der Waals surface area contributed by atoms with Crippen LogP contribution in [-0.2, 0) is 10.4 Å². The summed E-state index contributed by atoms with van der Waals surface area (Å²) in [6, 6.07) is 3.43. The van der Waals surface area contributed by atoms with Crippen molar-refractivity contribution in [2.45, 2.75) is 25.1 Å². The van der Waals surface area contributed by atoms with Crippen molar-refractivity contribution in [3.8, 4) is 0 Å². The molecule has 11 heteroatoms. The van der Waals surface area contributed by atoms with Crippen LogP contribution in [0.1, 0.15) is 33.6 Å². The minimum Gasteiger partial charge on any atom is -0.477 e. The molecule has 0 fully saturated rings. The zero-order valence-corrected chi connectivity index (χ0v) is 16.2. The van der Waals surface area contributed by atoms with Crippen LogP contribution in [0.5, 0.6) is 0 Å². The van der Waals surface area contributed by atoms with E-state index in [0.717, 1.165) is 18.3 Å². The lowest BCUT2D eigenvalue weighted by atomic mass is 9.86. The van der Waals surface area contributed by atoms with Crippen molar-refractivity contribution in [2.24, 2.45) is 5.16 Å². The largest absolute Gasteiger partial charge is 0.477 e. The minimum absolute atomic E-state index is 0.0490. The number of hydrogen-bond acceptors (Lipinski definition) is 4. The molecular weight excluding hydrogens is 444 g/mol. The fourth-order valence-corrected chi connectivity index (χ4v) is 3.40. The maximum absolute atomic E-state index is 14.0. The summed E-state index contributed by atoms with van der Waals surface area (Å²) in [5.41, 5.74) is -2.95. The number of carboxylic acid groups (broad SMARTS) is 1. The van der Waals surface area contributed by atoms with E-state index in [4.69, 9.17) is 44.7 Å². The number of pyridine rings is 1. The molecule has 2 heterocycles. The highest BCUT2D eigenvalue weighted by atomic mass is 35.5. The first kappa shape index (κ1) is 20.7. The van der Waals surface area contributed by atoms with Crippen molar-refractivity contribution in [3.05, 3.63) is 61.8 Å². The summed E-state index contributed by atoms with van der Waals surface area (Å²) >= 11 is 17.6. The Morgan fingerprint density at radius 1 is 1.21 bits per heavy atom. The van der Waals surface area contributed by atoms with Gasteiger partial charge in [0.15, 0.2) is 5.69 Å². The van der Waals surface area contributed by atoms with E-state index in [2.05, 4.69) is 10.1 Å². The fourth-order valence-electron chi connectivity index (χ4n) is 2.80. The summed E-state index contributed by atoms with van der Waals surface area (Å²) < 4.78 is 42.0. The number of oxime groups is 1. The second kappa shape index (κ2) is 7.09. The molecule has 0 bridgehead atoms. The highest BCUT2D eigenvalue weighted by Gasteiger charge is 2.62. The van der Waals surface area contributed by atoms with Crippen LogP contribution in [0, 0.1) is 6.92 Å². The zero-order chi connectivity index (χ0) is 20.9. The lowest BCUT2D eigenvalue weighted by molar-refractivity contribution is -0.275. The monoisotopic (exact) mass is 452 g/mol. The average Bonchev–Trinajstić information content (AvgIpc) is 3.05. The number of benzene rings is 1. The van der Waals surface area contributed by atoms with Crippen molar-refractivity contribution < 1.29 is 27.9 Å². The standard InChI is InChI=1S/C17H10Cl3F3N2O3/c1-7-2-8(6-24-14(7)15(26)27)12-5-16(28-25-12,17(21,22)23)9-3-10(18)13(20)11(19)4-9/h2-4,6H,5H2,1H3,(H,26,27). The van der Waals surface area contributed by atoms with Crippen molar-refractivity contribution in [1.29, 1.82) is 0 Å². The highest BCUT2D eigenvalue weighted by Crippen LogP contribution is 2.50. The highest BCUT2D eigenvalue weighted by molar-refractivity contribution is 6.48. The Labute approximate surface area is 171 Å². The summed E-state index contributed by atoms with van der Waals surface area (Å²) in [6.07, 6.45) is -4.41. The average molecular weight is 454 g/mol. The predicted molar refractivity (Wildman–Crippen MR) is 97.4 cm³/mol. The van der Waals surface area contributed by atoms with Crippen LogP contribution in [0.2, 0.25) is 15.1 Å². The summed E-state index contributed by atoms with van der Waals surface area (Å²) in [5, 5.41) is 12.2. The van der Waals surface area contributed by atoms with Gasteiger partial charge in [0.1, 0.15) is 0 Å². The molecule has 1 N–H and O–H groups in total. The van der Waals surface area contributed by atoms with E-state index in [-0.39, 0.29) is 43.2 Å². The van der Waals surface area contributed by atoms with Crippen LogP contribution in [0.4, 0.5) is 13.2 Å². The molecule has 0 saturated heterocycles. The molecule has 2 aromatic rings. The van der Waals surface area contributed by atoms with E-state index >= 15 is 0 Å². The normalized spacial score (nSPS) is 19.3. The van der Waals surface area contributed by atoms with Gasteiger partial charge in [0.05, 0.1) is 27.2 Å². The smallest absolute Gasteiger partial charge is 0.435 e. The van der Waals surface area contributed by atoms with E-state index < -0.39 is 24.2 Å². The first-order chi connectivity index (χ1) is 13.0. The van der Waals surface area contributed by atoms with Gasteiger partial charge < -0.3 is 9.94 Å². The Balaban J connectivity index is 2.04. The van der Waals surface area contributed by atoms with Crippen molar-refractivity contribution in [1.82, 2.24) is 4.98 Å². The van der Waals surface area contributed by atoms with Crippen LogP contribution >= 0.6 is 34.8 Å². The van der Waals surface area contributed by atoms with Gasteiger partial charge in [0.2, 0.25) is 0 Å². The Kier molecular flexibility index (Phi) is 5.24. The third kappa shape index (κ3) is 3.40. The topological polar surface area (TPSA) is 71.8 Å². The number of hydrogen-bond donors (Lipinski definition) is 1. The van der Waals surface area contributed by atoms with Crippen molar-refractivity contribution in [3.63, 3.8) is 0 Å². The van der Waals surface area contributed by atoms with Crippen LogP contribution < -0.4 is 0 Å². The van der Waals surface area contributed by atoms with Gasteiger partial charge in [-0.25, -0.2) is 9.78 Å². The van der Waals surface area contributed by atoms with E-state index in [1.165, 1.54) is 13.0 Å². The molecule has 0 radical (unpaired) electrons. The summed E-state index contributed by atoms with van der Waals surface area (Å²) in [6.45, 7) is 1.48. The Morgan fingerprint density at radius 3 is 2.32 bits per heavy atom. The summed E-state index contributed by atoms with van der Waals surface area (Å²) in [4.78, 5) is 19.7. The second-order valence-corrected chi connectivity index (χ2v) is 7.27. The van der Waals surface area contributed by atoms with Gasteiger partial charge in [-0.1, -0.05) is 40.0 Å². The molecule has 148 valence electrons. The summed E-state index contributed by atoms with van der Waals surface area (Å²) in [5.74, 6) is -1.25. The molecule has 28 heavy (non-hydrogen) atoms. The molecular formula is C17H10Cl3F3N2O3. The van der Waals surface area contributed by atoms with Gasteiger partial charge in [-0.15, -0.1) is 0 Å². The van der Waals surface area contributed by atoms with Crippen LogP contribution in [0.15, 0.2) is 29.6 Å². The molecule has 5 nitrogen and oxygen atoms in total. The van der Waals surface area contributed by atoms with E-state index in [0.29, 0.717) is 0 Å². The van der Waals surface area contributed by atoms with Gasteiger partial charge in [0, 0.05) is 17.3 Å². The van der Waals surface area contributed by atoms with Crippen LogP contribution in [-0.4, -0.2) is 27.9 Å². The number of aromatic carboxylic acids is 1. The number of alkyl halides is 3. The quantitative estimate of drug-likeness (QED) is 0.611. The molecule has 1 aromatic carbocycles. The first-order valence-electron chi connectivity index (χ1n) is 7.63. The lowest BCUT2D eigenvalue weighted by Crippen LogP contribution is -2.42. The van der Waals surface area contributed by atoms with Gasteiger partial charge in [-0.05, 0) is 30.7 Å². The Hall–Kier alpha value is -2.03. The molecule has 1 atom stereocenters. The molecule has 0 spiro atoms. The molecule has 1 unspecified atom stereocenters. The SMILES string of the molecule is Cc1cc(C2=NOC(c3cc(Cl)c(Cl)c(Cl)c3)(C(F)(F)F)C2)cnc1C(=O)O. The number of nitrogens with zero attached hydrogens (tertiary/aromatic N) is 2. The molecule has 3 rings (SSSR count). The number of carboxylic acids is 1. The van der Waals surface area contributed by atoms with Gasteiger partial charge in [-0.2, -0.15) is 13.2 Å². The molecule has 0 aliphatic carbocycles. The number of aryl methyl sites for hydroxylation is 1. The number of carbonyl (C=O) groups is 1. The second-order valence-electron chi connectivity index (χ2n) is 6.08. The molecule has 0 saturated carbocycles. The van der Waals surface area contributed by atoms with Gasteiger partial charge in [-0.3, -0.25) is 0 Å². The maximum atomic E-state index is 14.0. The molecule has 1 aliphatic rings. The summed E-state index contributed by atoms with van der Waals surface area (Å²) in [7, 11) is 0. The molecule has 1 aromatic heterocycles. The maximum Gasteiger partial charge on any atom is 0.435 e. The number of halogens is 6. The number of aromatic nitrogens is 1. The van der Waals surface area contributed by atoms with Crippen molar-refractivity contribution in [2.75, 3.05) is 0 Å². The fraction of sp³-hybridized carbons (Fsp3) is 0.235. The van der Waals surface area contributed by atoms with E-state index in [9.17, 15) is 18.0 Å². The lowest BCUT2D eigenvalue weighted by Gasteiger charge is -2.29. The Morgan fingerprint density at radius 2 is 1.82 bits per heavy atom. The van der Waals surface area contributed by atoms with Crippen LogP contribution in [0.25, 0.3) is 0 Å². The molecule has 0 amide bonds. The third-order valence-corrected chi connectivity index (χ3v) is 5.45. The number of rotatable bonds is 3. The van der Waals surface area contributed by atoms with E-state index in [1.54, 1.807) is 0 Å². The van der Waals surface area contributed by atoms with E-state index in [1.807, 2.05) is 0 Å². The van der Waals surface area contributed by atoms with Crippen LogP contribution in [0.3, 0.4) is 0 Å². The van der Waals surface area contributed by atoms with Crippen molar-refractivity contribution >= 4 is 46.5 Å². The zero-order valence-electron chi connectivity index (χ0n) is 13.9. The first-order valence-corrected chi connectivity index (χ1v) is 8.77. The predicted octanol–water partition coefficient (Wildman–Crippen LogP) is 5.63.